The molecule has 2 aromatic carbocycles. The zero-order valence-corrected chi connectivity index (χ0v) is 15.8. The second-order valence-corrected chi connectivity index (χ2v) is 6.63. The zero-order valence-electron chi connectivity index (χ0n) is 15.8. The molecule has 0 saturated heterocycles. The van der Waals surface area contributed by atoms with Gasteiger partial charge in [-0.3, -0.25) is 9.78 Å². The van der Waals surface area contributed by atoms with Crippen LogP contribution in [0, 0.1) is 0 Å². The molecule has 5 rings (SSSR count). The largest absolute Gasteiger partial charge is 0.412 e. The van der Waals surface area contributed by atoms with E-state index in [0.717, 1.165) is 33.8 Å². The van der Waals surface area contributed by atoms with Crippen molar-refractivity contribution in [2.24, 2.45) is 5.73 Å². The van der Waals surface area contributed by atoms with Gasteiger partial charge in [0.15, 0.2) is 5.75 Å². The van der Waals surface area contributed by atoms with Crippen LogP contribution in [0.3, 0.4) is 0 Å². The van der Waals surface area contributed by atoms with Gasteiger partial charge in [-0.1, -0.05) is 30.3 Å². The Kier molecular flexibility index (Phi) is 5.01. The number of aromatic nitrogens is 3. The summed E-state index contributed by atoms with van der Waals surface area (Å²) in [6.07, 6.45) is 1.74. The summed E-state index contributed by atoms with van der Waals surface area (Å²) in [5.74, 6) is 0.880. The van der Waals surface area contributed by atoms with Crippen LogP contribution in [-0.4, -0.2) is 26.3 Å². The van der Waals surface area contributed by atoms with Crippen LogP contribution in [0.2, 0.25) is 0 Å². The number of imidazole rings is 1. The predicted octanol–water partition coefficient (Wildman–Crippen LogP) is 2.90. The van der Waals surface area contributed by atoms with Crippen LogP contribution in [0.5, 0.6) is 5.75 Å². The molecule has 0 aliphatic carbocycles. The van der Waals surface area contributed by atoms with Gasteiger partial charge < -0.3 is 21.1 Å². The van der Waals surface area contributed by atoms with E-state index in [-0.39, 0.29) is 5.48 Å². The van der Waals surface area contributed by atoms with E-state index < -0.39 is 5.91 Å². The smallest absolute Gasteiger partial charge is 0.248 e. The number of nitrogens with one attached hydrogen (secondary N) is 1. The Morgan fingerprint density at radius 1 is 1.03 bits per heavy atom. The summed E-state index contributed by atoms with van der Waals surface area (Å²) in [6.45, 7) is 0.431. The summed E-state index contributed by atoms with van der Waals surface area (Å²) in [5.41, 5.74) is 10.8. The molecule has 2 aromatic heterocycles. The van der Waals surface area contributed by atoms with Crippen LogP contribution >= 0.6 is 0 Å². The summed E-state index contributed by atoms with van der Waals surface area (Å²) < 4.78 is 0. The van der Waals surface area contributed by atoms with Crippen LogP contribution in [0.15, 0.2) is 66.9 Å². The average molecular weight is 402 g/mol. The van der Waals surface area contributed by atoms with Gasteiger partial charge in [0.2, 0.25) is 5.91 Å². The van der Waals surface area contributed by atoms with Crippen molar-refractivity contribution in [2.45, 2.75) is 6.61 Å². The molecule has 0 spiro atoms. The number of benzene rings is 2. The highest BCUT2D eigenvalue weighted by Gasteiger charge is 2.20. The van der Waals surface area contributed by atoms with Gasteiger partial charge in [-0.05, 0) is 30.3 Å². The van der Waals surface area contributed by atoms with Gasteiger partial charge in [0.05, 0.1) is 17.1 Å². The van der Waals surface area contributed by atoms with Crippen molar-refractivity contribution >= 4 is 5.91 Å². The van der Waals surface area contributed by atoms with E-state index in [2.05, 4.69) is 9.97 Å². The lowest BCUT2D eigenvalue weighted by atomic mass is 10.1. The molecule has 0 atom stereocenters. The van der Waals surface area contributed by atoms with Gasteiger partial charge in [-0.2, -0.15) is 4.89 Å². The van der Waals surface area contributed by atoms with Crippen LogP contribution < -0.4 is 10.6 Å². The van der Waals surface area contributed by atoms with Crippen molar-refractivity contribution in [3.63, 3.8) is 0 Å². The van der Waals surface area contributed by atoms with Crippen molar-refractivity contribution in [3.05, 3.63) is 78.0 Å². The van der Waals surface area contributed by atoms with Gasteiger partial charge in [0.25, 0.3) is 0 Å². The third-order valence-electron chi connectivity index (χ3n) is 4.77. The molecule has 1 aliphatic rings. The number of primary amides is 1. The van der Waals surface area contributed by atoms with E-state index in [1.807, 2.05) is 48.5 Å². The lowest BCUT2D eigenvalue weighted by Crippen LogP contribution is -2.10. The molecule has 4 aromatic rings. The Balaban J connectivity index is 0.00000218. The minimum Gasteiger partial charge on any atom is -0.412 e. The number of nitrogens with zero attached hydrogens (tertiary/aromatic N) is 2. The molecule has 30 heavy (non-hydrogen) atoms. The first-order chi connectivity index (χ1) is 14.2. The standard InChI is InChI=1S/C22H16N4O3.H2O/c23-21(27)13-4-6-14(7-5-13)22-25-19(20(26-22)17-3-1-2-10-24-17)15-8-9-16-12-28-29-18(16)11-15;/h1-11H,12H2,(H2,23,27)(H,25,26);1H2. The van der Waals surface area contributed by atoms with Crippen molar-refractivity contribution < 1.29 is 20.0 Å². The first-order valence-corrected chi connectivity index (χ1v) is 9.03. The number of rotatable bonds is 4. The van der Waals surface area contributed by atoms with E-state index in [4.69, 9.17) is 20.5 Å². The molecule has 8 heteroatoms. The number of pyridine rings is 1. The normalized spacial score (nSPS) is 12.0. The van der Waals surface area contributed by atoms with Crippen molar-refractivity contribution in [1.29, 1.82) is 0 Å². The van der Waals surface area contributed by atoms with Crippen LogP contribution in [0.25, 0.3) is 34.0 Å². The summed E-state index contributed by atoms with van der Waals surface area (Å²) >= 11 is 0. The van der Waals surface area contributed by atoms with Crippen molar-refractivity contribution in [1.82, 2.24) is 15.0 Å². The Morgan fingerprint density at radius 2 is 1.83 bits per heavy atom. The Labute approximate surface area is 171 Å². The molecular formula is C22H18N4O4. The molecule has 1 aliphatic heterocycles. The fraction of sp³-hybridized carbons (Fsp3) is 0.0455. The molecular weight excluding hydrogens is 384 g/mol. The Bertz CT molecular complexity index is 1200. The monoisotopic (exact) mass is 402 g/mol. The molecule has 5 N–H and O–H groups in total. The molecule has 3 heterocycles. The van der Waals surface area contributed by atoms with Gasteiger partial charge in [0, 0.05) is 28.5 Å². The van der Waals surface area contributed by atoms with Gasteiger partial charge in [-0.15, -0.1) is 0 Å². The highest BCUT2D eigenvalue weighted by molar-refractivity contribution is 5.93. The molecule has 0 saturated carbocycles. The molecule has 1 amide bonds. The maximum atomic E-state index is 11.3. The minimum atomic E-state index is -0.466. The number of nitrogens with two attached hydrogens (primary N) is 1. The molecule has 8 nitrogen and oxygen atoms in total. The predicted molar refractivity (Wildman–Crippen MR) is 110 cm³/mol. The quantitative estimate of drug-likeness (QED) is 0.506. The number of hydrogen-bond donors (Lipinski definition) is 2. The van der Waals surface area contributed by atoms with Gasteiger partial charge in [0.1, 0.15) is 12.4 Å². The first-order valence-electron chi connectivity index (χ1n) is 9.03. The Hall–Kier alpha value is -4.01. The molecule has 150 valence electrons. The number of aromatic amines is 1. The lowest BCUT2D eigenvalue weighted by Gasteiger charge is -2.03. The average Bonchev–Trinajstić information content (AvgIpc) is 3.41. The van der Waals surface area contributed by atoms with Crippen molar-refractivity contribution in [2.75, 3.05) is 0 Å². The molecule has 0 unspecified atom stereocenters. The fourth-order valence-electron chi connectivity index (χ4n) is 3.26. The summed E-state index contributed by atoms with van der Waals surface area (Å²) in [5, 5.41) is 0. The van der Waals surface area contributed by atoms with E-state index in [1.165, 1.54) is 0 Å². The van der Waals surface area contributed by atoms with Gasteiger partial charge in [-0.25, -0.2) is 4.98 Å². The second-order valence-electron chi connectivity index (χ2n) is 6.63. The number of hydrogen-bond acceptors (Lipinski definition) is 5. The zero-order chi connectivity index (χ0) is 19.8. The third kappa shape index (κ3) is 3.41. The molecule has 0 fully saturated rings. The highest BCUT2D eigenvalue weighted by Crippen LogP contribution is 2.36. The summed E-state index contributed by atoms with van der Waals surface area (Å²) in [7, 11) is 0. The number of carbonyl (C=O) groups excluding carboxylic acids is 1. The summed E-state index contributed by atoms with van der Waals surface area (Å²) in [4.78, 5) is 34.3. The van der Waals surface area contributed by atoms with Crippen LogP contribution in [0.4, 0.5) is 0 Å². The fourth-order valence-corrected chi connectivity index (χ4v) is 3.26. The van der Waals surface area contributed by atoms with E-state index in [9.17, 15) is 4.79 Å². The SMILES string of the molecule is NC(=O)c1ccc(-c2nc(-c3ccc4c(c3)OOC4)c(-c3ccccn3)[nH]2)cc1.O. The maximum absolute atomic E-state index is 11.3. The Morgan fingerprint density at radius 3 is 2.57 bits per heavy atom. The van der Waals surface area contributed by atoms with E-state index in [1.54, 1.807) is 18.3 Å². The third-order valence-corrected chi connectivity index (χ3v) is 4.77. The van der Waals surface area contributed by atoms with Crippen LogP contribution in [0.1, 0.15) is 15.9 Å². The van der Waals surface area contributed by atoms with E-state index in [0.29, 0.717) is 23.7 Å². The minimum absolute atomic E-state index is 0. The topological polar surface area (TPSA) is 135 Å². The maximum Gasteiger partial charge on any atom is 0.248 e. The molecule has 0 radical (unpaired) electrons. The highest BCUT2D eigenvalue weighted by atomic mass is 17.2. The lowest BCUT2D eigenvalue weighted by molar-refractivity contribution is -0.194. The second kappa shape index (κ2) is 7.78. The van der Waals surface area contributed by atoms with Crippen LogP contribution in [-0.2, 0) is 11.5 Å². The van der Waals surface area contributed by atoms with E-state index >= 15 is 0 Å². The number of carbonyl (C=O) groups is 1. The number of H-pyrrole nitrogens is 1. The van der Waals surface area contributed by atoms with Gasteiger partial charge >= 0.3 is 0 Å². The first kappa shape index (κ1) is 19.3. The number of fused-ring (bicyclic) bond motifs is 1. The summed E-state index contributed by atoms with van der Waals surface area (Å²) in [6, 6.07) is 18.6. The van der Waals surface area contributed by atoms with Crippen molar-refractivity contribution in [3.8, 4) is 39.8 Å². The number of amides is 1. The molecule has 0 bridgehead atoms.